The van der Waals surface area contributed by atoms with Crippen molar-refractivity contribution in [1.82, 2.24) is 9.97 Å². The largest absolute Gasteiger partial charge is 0.390 e. The van der Waals surface area contributed by atoms with Crippen LogP contribution in [-0.2, 0) is 6.61 Å². The van der Waals surface area contributed by atoms with E-state index in [2.05, 4.69) is 9.97 Å². The number of aromatic nitrogens is 2. The predicted octanol–water partition coefficient (Wildman–Crippen LogP) is 0.555. The van der Waals surface area contributed by atoms with Gasteiger partial charge in [-0.05, 0) is 0 Å². The molecule has 1 aromatic heterocycles. The van der Waals surface area contributed by atoms with Gasteiger partial charge in [-0.3, -0.25) is 0 Å². The molecule has 1 aromatic rings. The number of hydrogen-bond donors (Lipinski definition) is 2. The van der Waals surface area contributed by atoms with Crippen molar-refractivity contribution in [3.8, 4) is 0 Å². The van der Waals surface area contributed by atoms with Crippen LogP contribution in [0.1, 0.15) is 5.69 Å². The molecule has 0 radical (unpaired) electrons. The van der Waals surface area contributed by atoms with Crippen LogP contribution in [0.15, 0.2) is 6.33 Å². The number of halogens is 1. The van der Waals surface area contributed by atoms with Crippen LogP contribution in [0.2, 0.25) is 5.15 Å². The standard InChI is InChI=1S/C4H5ClN2O/c5-4-3(1-8)6-2-7-4/h2,8H,1H2,(H,6,7). The molecule has 0 amide bonds. The first-order valence-electron chi connectivity index (χ1n) is 2.13. The molecular formula is C4H5ClN2O. The van der Waals surface area contributed by atoms with Crippen LogP contribution in [-0.4, -0.2) is 15.1 Å². The van der Waals surface area contributed by atoms with Crippen molar-refractivity contribution >= 4 is 11.6 Å². The van der Waals surface area contributed by atoms with E-state index in [0.717, 1.165) is 0 Å². The van der Waals surface area contributed by atoms with Gasteiger partial charge in [0.25, 0.3) is 0 Å². The first kappa shape index (κ1) is 5.59. The quantitative estimate of drug-likeness (QED) is 0.587. The fourth-order valence-corrected chi connectivity index (χ4v) is 0.578. The van der Waals surface area contributed by atoms with Crippen molar-refractivity contribution in [2.75, 3.05) is 0 Å². The van der Waals surface area contributed by atoms with E-state index in [1.807, 2.05) is 0 Å². The summed E-state index contributed by atoms with van der Waals surface area (Å²) in [5.41, 5.74) is 0.562. The second-order valence-corrected chi connectivity index (χ2v) is 1.69. The number of aliphatic hydroxyl groups is 1. The second-order valence-electron chi connectivity index (χ2n) is 1.33. The first-order valence-corrected chi connectivity index (χ1v) is 2.51. The molecule has 8 heavy (non-hydrogen) atoms. The zero-order valence-corrected chi connectivity index (χ0v) is 4.81. The maximum absolute atomic E-state index is 8.45. The Morgan fingerprint density at radius 1 is 1.88 bits per heavy atom. The molecule has 0 aliphatic carbocycles. The van der Waals surface area contributed by atoms with Crippen LogP contribution in [0.25, 0.3) is 0 Å². The van der Waals surface area contributed by atoms with Crippen molar-refractivity contribution in [3.63, 3.8) is 0 Å². The Kier molecular flexibility index (Phi) is 1.50. The number of H-pyrrole nitrogens is 1. The molecule has 4 heteroatoms. The van der Waals surface area contributed by atoms with Crippen LogP contribution in [0, 0.1) is 0 Å². The van der Waals surface area contributed by atoms with Crippen LogP contribution in [0.4, 0.5) is 0 Å². The van der Waals surface area contributed by atoms with Gasteiger partial charge in [0.2, 0.25) is 0 Å². The van der Waals surface area contributed by atoms with Gasteiger partial charge in [-0.25, -0.2) is 4.98 Å². The Hall–Kier alpha value is -0.540. The number of nitrogens with zero attached hydrogens (tertiary/aromatic N) is 1. The van der Waals surface area contributed by atoms with Gasteiger partial charge < -0.3 is 10.1 Å². The molecule has 0 bridgehead atoms. The van der Waals surface area contributed by atoms with Crippen LogP contribution in [0.5, 0.6) is 0 Å². The lowest BCUT2D eigenvalue weighted by Crippen LogP contribution is -1.80. The maximum Gasteiger partial charge on any atom is 0.152 e. The highest BCUT2D eigenvalue weighted by Gasteiger charge is 1.97. The topological polar surface area (TPSA) is 48.9 Å². The third-order valence-corrected chi connectivity index (χ3v) is 1.15. The van der Waals surface area contributed by atoms with Gasteiger partial charge >= 0.3 is 0 Å². The van der Waals surface area contributed by atoms with Crippen molar-refractivity contribution < 1.29 is 5.11 Å². The molecule has 0 spiro atoms. The Morgan fingerprint density at radius 2 is 2.62 bits per heavy atom. The average Bonchev–Trinajstić information content (AvgIpc) is 2.14. The molecule has 0 aliphatic rings. The van der Waals surface area contributed by atoms with E-state index in [1.54, 1.807) is 0 Å². The van der Waals surface area contributed by atoms with E-state index in [-0.39, 0.29) is 6.61 Å². The highest BCUT2D eigenvalue weighted by molar-refractivity contribution is 6.30. The summed E-state index contributed by atoms with van der Waals surface area (Å²) in [6.07, 6.45) is 1.44. The molecule has 0 saturated heterocycles. The molecule has 0 atom stereocenters. The molecular weight excluding hydrogens is 128 g/mol. The summed E-state index contributed by atoms with van der Waals surface area (Å²) in [7, 11) is 0. The lowest BCUT2D eigenvalue weighted by molar-refractivity contribution is 0.277. The average molecular weight is 133 g/mol. The molecule has 1 heterocycles. The summed E-state index contributed by atoms with van der Waals surface area (Å²) >= 11 is 5.44. The Balaban J connectivity index is 2.92. The number of imidazole rings is 1. The third-order valence-electron chi connectivity index (χ3n) is 0.824. The van der Waals surface area contributed by atoms with E-state index in [9.17, 15) is 0 Å². The van der Waals surface area contributed by atoms with Gasteiger partial charge in [-0.2, -0.15) is 0 Å². The molecule has 2 N–H and O–H groups in total. The highest BCUT2D eigenvalue weighted by atomic mass is 35.5. The first-order chi connectivity index (χ1) is 3.84. The Labute approximate surface area is 51.3 Å². The van der Waals surface area contributed by atoms with Gasteiger partial charge in [0, 0.05) is 0 Å². The van der Waals surface area contributed by atoms with Crippen LogP contribution in [0.3, 0.4) is 0 Å². The Morgan fingerprint density at radius 3 is 2.88 bits per heavy atom. The van der Waals surface area contributed by atoms with Crippen molar-refractivity contribution in [1.29, 1.82) is 0 Å². The van der Waals surface area contributed by atoms with Crippen LogP contribution < -0.4 is 0 Å². The SMILES string of the molecule is OCc1[nH]cnc1Cl. The Bertz CT molecular complexity index is 174. The van der Waals surface area contributed by atoms with Crippen molar-refractivity contribution in [2.24, 2.45) is 0 Å². The molecule has 44 valence electrons. The van der Waals surface area contributed by atoms with Crippen molar-refractivity contribution in [2.45, 2.75) is 6.61 Å². The normalized spacial score (nSPS) is 9.75. The minimum absolute atomic E-state index is 0.0845. The highest BCUT2D eigenvalue weighted by Crippen LogP contribution is 2.07. The number of hydrogen-bond acceptors (Lipinski definition) is 2. The van der Waals surface area contributed by atoms with E-state index in [1.165, 1.54) is 6.33 Å². The minimum Gasteiger partial charge on any atom is -0.390 e. The lowest BCUT2D eigenvalue weighted by Gasteiger charge is -1.84. The fraction of sp³-hybridized carbons (Fsp3) is 0.250. The summed E-state index contributed by atoms with van der Waals surface area (Å²) < 4.78 is 0. The molecule has 3 nitrogen and oxygen atoms in total. The molecule has 0 fully saturated rings. The zero-order chi connectivity index (χ0) is 5.98. The van der Waals surface area contributed by atoms with E-state index in [4.69, 9.17) is 16.7 Å². The van der Waals surface area contributed by atoms with Gasteiger partial charge in [0.05, 0.1) is 18.6 Å². The van der Waals surface area contributed by atoms with Gasteiger partial charge in [-0.1, -0.05) is 11.6 Å². The summed E-state index contributed by atoms with van der Waals surface area (Å²) in [5, 5.41) is 8.79. The number of aromatic amines is 1. The third kappa shape index (κ3) is 0.827. The maximum atomic E-state index is 8.45. The predicted molar refractivity (Wildman–Crippen MR) is 29.5 cm³/mol. The summed E-state index contributed by atoms with van der Waals surface area (Å²) in [6.45, 7) is -0.0845. The van der Waals surface area contributed by atoms with Gasteiger partial charge in [-0.15, -0.1) is 0 Å². The minimum atomic E-state index is -0.0845. The molecule has 0 unspecified atom stereocenters. The zero-order valence-electron chi connectivity index (χ0n) is 4.06. The smallest absolute Gasteiger partial charge is 0.152 e. The van der Waals surface area contributed by atoms with Gasteiger partial charge in [0.15, 0.2) is 5.15 Å². The number of aliphatic hydroxyl groups excluding tert-OH is 1. The molecule has 0 aromatic carbocycles. The van der Waals surface area contributed by atoms with Gasteiger partial charge in [0.1, 0.15) is 0 Å². The molecule has 0 saturated carbocycles. The number of nitrogens with one attached hydrogen (secondary N) is 1. The summed E-state index contributed by atoms with van der Waals surface area (Å²) in [4.78, 5) is 6.30. The lowest BCUT2D eigenvalue weighted by atomic mass is 10.5. The van der Waals surface area contributed by atoms with Crippen LogP contribution >= 0.6 is 11.6 Å². The monoisotopic (exact) mass is 132 g/mol. The van der Waals surface area contributed by atoms with E-state index < -0.39 is 0 Å². The summed E-state index contributed by atoms with van der Waals surface area (Å²) in [6, 6.07) is 0. The van der Waals surface area contributed by atoms with E-state index >= 15 is 0 Å². The van der Waals surface area contributed by atoms with Crippen molar-refractivity contribution in [3.05, 3.63) is 17.2 Å². The second kappa shape index (κ2) is 2.15. The molecule has 0 aliphatic heterocycles. The van der Waals surface area contributed by atoms with E-state index in [0.29, 0.717) is 10.8 Å². The number of rotatable bonds is 1. The summed E-state index contributed by atoms with van der Waals surface area (Å²) in [5.74, 6) is 0. The molecule has 1 rings (SSSR count). The fourth-order valence-electron chi connectivity index (χ4n) is 0.415.